The molecular weight excluding hydrogens is 214 g/mol. The number of aromatic nitrogens is 2. The molecule has 0 radical (unpaired) electrons. The molecule has 0 N–H and O–H groups in total. The zero-order chi connectivity index (χ0) is 11.8. The molecule has 0 aromatic carbocycles. The monoisotopic (exact) mass is 237 g/mol. The largest absolute Gasteiger partial charge is 0.413 e. The van der Waals surface area contributed by atoms with Gasteiger partial charge in [0.2, 0.25) is 0 Å². The Morgan fingerprint density at radius 2 is 1.94 bits per heavy atom. The van der Waals surface area contributed by atoms with E-state index in [0.717, 1.165) is 13.0 Å². The van der Waals surface area contributed by atoms with Crippen molar-refractivity contribution in [3.8, 4) is 0 Å². The molecular formula is C13H23N3O. The lowest BCUT2D eigenvalue weighted by Crippen LogP contribution is -2.30. The summed E-state index contributed by atoms with van der Waals surface area (Å²) in [4.78, 5) is 12.0. The van der Waals surface area contributed by atoms with Crippen LogP contribution in [-0.4, -0.2) is 40.9 Å². The Morgan fingerprint density at radius 1 is 1.06 bits per heavy atom. The summed E-state index contributed by atoms with van der Waals surface area (Å²) in [5, 5.41) is 0. The van der Waals surface area contributed by atoms with Crippen molar-refractivity contribution >= 4 is 0 Å². The maximum Gasteiger partial charge on any atom is 0.131 e. The predicted molar refractivity (Wildman–Crippen MR) is 67.8 cm³/mol. The second kappa shape index (κ2) is 7.33. The van der Waals surface area contributed by atoms with Gasteiger partial charge in [0, 0.05) is 6.20 Å². The van der Waals surface area contributed by atoms with Crippen molar-refractivity contribution in [1.82, 2.24) is 14.6 Å². The van der Waals surface area contributed by atoms with Gasteiger partial charge in [0.15, 0.2) is 0 Å². The Bertz CT molecular complexity index is 281. The predicted octanol–water partition coefficient (Wildman–Crippen LogP) is 1.97. The second-order valence-corrected chi connectivity index (χ2v) is 4.72. The molecule has 0 aliphatic carbocycles. The van der Waals surface area contributed by atoms with Crippen molar-refractivity contribution in [3.05, 3.63) is 18.7 Å². The van der Waals surface area contributed by atoms with E-state index in [1.807, 2.05) is 6.20 Å². The fourth-order valence-corrected chi connectivity index (χ4v) is 2.29. The van der Waals surface area contributed by atoms with Gasteiger partial charge in [-0.3, -0.25) is 0 Å². The summed E-state index contributed by atoms with van der Waals surface area (Å²) >= 11 is 0. The number of rotatable bonds is 7. The van der Waals surface area contributed by atoms with Crippen molar-refractivity contribution < 1.29 is 4.84 Å². The number of unbranched alkanes of at least 4 members (excludes halogenated alkanes) is 2. The number of likely N-dealkylation sites (tertiary alicyclic amines) is 1. The van der Waals surface area contributed by atoms with Crippen LogP contribution >= 0.6 is 0 Å². The first-order valence-corrected chi connectivity index (χ1v) is 6.79. The van der Waals surface area contributed by atoms with E-state index in [2.05, 4.69) is 9.88 Å². The molecule has 96 valence electrons. The molecule has 2 rings (SSSR count). The van der Waals surface area contributed by atoms with E-state index in [9.17, 15) is 0 Å². The third-order valence-electron chi connectivity index (χ3n) is 3.29. The van der Waals surface area contributed by atoms with Crippen molar-refractivity contribution in [2.24, 2.45) is 0 Å². The minimum Gasteiger partial charge on any atom is -0.413 e. The minimum absolute atomic E-state index is 0.788. The van der Waals surface area contributed by atoms with E-state index >= 15 is 0 Å². The van der Waals surface area contributed by atoms with E-state index in [4.69, 9.17) is 4.84 Å². The molecule has 0 amide bonds. The molecule has 0 atom stereocenters. The maximum atomic E-state index is 5.48. The van der Waals surface area contributed by atoms with Gasteiger partial charge in [-0.1, -0.05) is 6.42 Å². The quantitative estimate of drug-likeness (QED) is 0.679. The van der Waals surface area contributed by atoms with Gasteiger partial charge >= 0.3 is 0 Å². The Hall–Kier alpha value is -1.03. The number of hydrogen-bond acceptors (Lipinski definition) is 3. The smallest absolute Gasteiger partial charge is 0.131 e. The number of imidazole rings is 1. The van der Waals surface area contributed by atoms with Crippen LogP contribution in [0.2, 0.25) is 0 Å². The molecule has 4 heteroatoms. The summed E-state index contributed by atoms with van der Waals surface area (Å²) in [6, 6.07) is 0. The normalized spacial score (nSPS) is 17.2. The van der Waals surface area contributed by atoms with Gasteiger partial charge in [-0.15, -0.1) is 0 Å². The fourth-order valence-electron chi connectivity index (χ4n) is 2.29. The third-order valence-corrected chi connectivity index (χ3v) is 3.29. The van der Waals surface area contributed by atoms with Crippen LogP contribution in [0.5, 0.6) is 0 Å². The minimum atomic E-state index is 0.788. The second-order valence-electron chi connectivity index (χ2n) is 4.72. The fraction of sp³-hybridized carbons (Fsp3) is 0.769. The van der Waals surface area contributed by atoms with Crippen LogP contribution in [0.1, 0.15) is 38.5 Å². The molecule has 0 saturated carbocycles. The van der Waals surface area contributed by atoms with E-state index < -0.39 is 0 Å². The van der Waals surface area contributed by atoms with Crippen LogP contribution in [-0.2, 0) is 0 Å². The van der Waals surface area contributed by atoms with E-state index in [0.29, 0.717) is 0 Å². The standard InChI is InChI=1S/C13H23N3O/c1-3-8-15(9-4-1)10-5-2-6-12-17-16-11-7-14-13-16/h7,11,13H,1-6,8-10,12H2. The van der Waals surface area contributed by atoms with E-state index in [1.54, 1.807) is 17.3 Å². The first-order valence-electron chi connectivity index (χ1n) is 6.79. The molecule has 4 nitrogen and oxygen atoms in total. The molecule has 1 aliphatic rings. The Kier molecular flexibility index (Phi) is 5.36. The molecule has 1 aliphatic heterocycles. The third kappa shape index (κ3) is 4.77. The van der Waals surface area contributed by atoms with Crippen LogP contribution in [0.25, 0.3) is 0 Å². The van der Waals surface area contributed by atoms with Gasteiger partial charge in [0.05, 0.1) is 6.20 Å². The maximum absolute atomic E-state index is 5.48. The molecule has 1 saturated heterocycles. The zero-order valence-corrected chi connectivity index (χ0v) is 10.6. The van der Waals surface area contributed by atoms with Gasteiger partial charge in [0.1, 0.15) is 12.9 Å². The highest BCUT2D eigenvalue weighted by atomic mass is 16.7. The first-order chi connectivity index (χ1) is 8.45. The van der Waals surface area contributed by atoms with Gasteiger partial charge in [0.25, 0.3) is 0 Å². The number of piperidine rings is 1. The average Bonchev–Trinajstić information content (AvgIpc) is 2.88. The zero-order valence-electron chi connectivity index (χ0n) is 10.6. The molecule has 1 aromatic heterocycles. The summed E-state index contributed by atoms with van der Waals surface area (Å²) in [7, 11) is 0. The van der Waals surface area contributed by atoms with Gasteiger partial charge in [-0.25, -0.2) is 4.98 Å². The molecule has 0 spiro atoms. The van der Waals surface area contributed by atoms with Crippen molar-refractivity contribution in [2.45, 2.75) is 38.5 Å². The topological polar surface area (TPSA) is 30.3 Å². The molecule has 2 heterocycles. The highest BCUT2D eigenvalue weighted by molar-refractivity contribution is 4.69. The van der Waals surface area contributed by atoms with Crippen LogP contribution < -0.4 is 4.84 Å². The van der Waals surface area contributed by atoms with Crippen LogP contribution in [0.4, 0.5) is 0 Å². The lowest BCUT2D eigenvalue weighted by Gasteiger charge is -2.26. The lowest BCUT2D eigenvalue weighted by atomic mass is 10.1. The van der Waals surface area contributed by atoms with Gasteiger partial charge < -0.3 is 9.74 Å². The lowest BCUT2D eigenvalue weighted by molar-refractivity contribution is 0.105. The summed E-state index contributed by atoms with van der Waals surface area (Å²) in [5.41, 5.74) is 0. The Labute approximate surface area is 104 Å². The van der Waals surface area contributed by atoms with Crippen molar-refractivity contribution in [2.75, 3.05) is 26.2 Å². The molecule has 1 aromatic rings. The SMILES string of the molecule is c1cn(OCCCCCN2CCCCC2)cn1. The molecule has 1 fully saturated rings. The average molecular weight is 237 g/mol. The van der Waals surface area contributed by atoms with E-state index in [-0.39, 0.29) is 0 Å². The molecule has 17 heavy (non-hydrogen) atoms. The van der Waals surface area contributed by atoms with Gasteiger partial charge in [-0.2, -0.15) is 4.73 Å². The summed E-state index contributed by atoms with van der Waals surface area (Å²) in [6.07, 6.45) is 13.1. The van der Waals surface area contributed by atoms with Crippen molar-refractivity contribution in [1.29, 1.82) is 0 Å². The summed E-state index contributed by atoms with van der Waals surface area (Å²) in [6.45, 7) is 4.68. The number of nitrogens with zero attached hydrogens (tertiary/aromatic N) is 3. The molecule has 0 unspecified atom stereocenters. The summed E-state index contributed by atoms with van der Waals surface area (Å²) < 4.78 is 1.67. The van der Waals surface area contributed by atoms with Crippen LogP contribution in [0, 0.1) is 0 Å². The van der Waals surface area contributed by atoms with Crippen LogP contribution in [0.3, 0.4) is 0 Å². The Morgan fingerprint density at radius 3 is 2.71 bits per heavy atom. The van der Waals surface area contributed by atoms with E-state index in [1.165, 1.54) is 51.7 Å². The van der Waals surface area contributed by atoms with Crippen LogP contribution in [0.15, 0.2) is 18.7 Å². The van der Waals surface area contributed by atoms with Gasteiger partial charge in [-0.05, 0) is 51.7 Å². The Balaban J connectivity index is 1.43. The first kappa shape index (κ1) is 12.4. The van der Waals surface area contributed by atoms with Crippen molar-refractivity contribution in [3.63, 3.8) is 0 Å². The summed E-state index contributed by atoms with van der Waals surface area (Å²) in [5.74, 6) is 0. The highest BCUT2D eigenvalue weighted by Gasteiger charge is 2.08. The molecule has 0 bridgehead atoms. The number of hydrogen-bond donors (Lipinski definition) is 0. The highest BCUT2D eigenvalue weighted by Crippen LogP contribution is 2.09.